The Morgan fingerprint density at radius 1 is 1.08 bits per heavy atom. The second-order valence-corrected chi connectivity index (χ2v) is 6.88. The van der Waals surface area contributed by atoms with Crippen molar-refractivity contribution in [3.05, 3.63) is 35.4 Å². The highest BCUT2D eigenvalue weighted by Gasteiger charge is 2.37. The maximum atomic E-state index is 12.4. The summed E-state index contributed by atoms with van der Waals surface area (Å²) in [7, 11) is 1.27. The van der Waals surface area contributed by atoms with Gasteiger partial charge in [0, 0.05) is 12.8 Å². The minimum Gasteiger partial charge on any atom is -0.467 e. The Kier molecular flexibility index (Phi) is 6.75. The van der Waals surface area contributed by atoms with Gasteiger partial charge in [-0.2, -0.15) is 0 Å². The van der Waals surface area contributed by atoms with Crippen LogP contribution in [0.2, 0.25) is 0 Å². The molecule has 0 spiro atoms. The number of alkyl carbamates (subject to hydrolysis) is 1. The van der Waals surface area contributed by atoms with E-state index in [2.05, 4.69) is 5.32 Å². The van der Waals surface area contributed by atoms with E-state index in [1.165, 1.54) is 7.11 Å². The van der Waals surface area contributed by atoms with Crippen molar-refractivity contribution < 1.29 is 23.5 Å². The SMILES string of the molecule is COC(=O)[C@](C)(Cc1ccc(CCF)cc1)NC(=O)OC(C)(C)C. The van der Waals surface area contributed by atoms with Crippen LogP contribution in [0.3, 0.4) is 0 Å². The van der Waals surface area contributed by atoms with Gasteiger partial charge >= 0.3 is 12.1 Å². The zero-order valence-electron chi connectivity index (χ0n) is 14.9. The first-order chi connectivity index (χ1) is 11.1. The number of nitrogens with one attached hydrogen (secondary N) is 1. The summed E-state index contributed by atoms with van der Waals surface area (Å²) in [4.78, 5) is 24.2. The summed E-state index contributed by atoms with van der Waals surface area (Å²) < 4.78 is 22.4. The molecule has 0 aliphatic rings. The number of benzene rings is 1. The Labute approximate surface area is 142 Å². The summed E-state index contributed by atoms with van der Waals surface area (Å²) in [6.45, 7) is 6.39. The van der Waals surface area contributed by atoms with Gasteiger partial charge in [0.1, 0.15) is 11.1 Å². The first kappa shape index (κ1) is 19.9. The van der Waals surface area contributed by atoms with E-state index >= 15 is 0 Å². The lowest BCUT2D eigenvalue weighted by atomic mass is 9.92. The summed E-state index contributed by atoms with van der Waals surface area (Å²) in [6.07, 6.45) is -0.107. The van der Waals surface area contributed by atoms with Crippen molar-refractivity contribution >= 4 is 12.1 Å². The number of aryl methyl sites for hydroxylation is 1. The second-order valence-electron chi connectivity index (χ2n) is 6.88. The van der Waals surface area contributed by atoms with Crippen molar-refractivity contribution in [1.82, 2.24) is 5.32 Å². The van der Waals surface area contributed by atoms with E-state index in [9.17, 15) is 14.0 Å². The predicted octanol–water partition coefficient (Wildman–Crippen LogP) is 3.20. The third kappa shape index (κ3) is 6.18. The van der Waals surface area contributed by atoms with Gasteiger partial charge in [-0.25, -0.2) is 9.59 Å². The van der Waals surface area contributed by atoms with Gasteiger partial charge in [-0.3, -0.25) is 4.39 Å². The van der Waals surface area contributed by atoms with Gasteiger partial charge in [-0.15, -0.1) is 0 Å². The highest BCUT2D eigenvalue weighted by Crippen LogP contribution is 2.18. The molecule has 0 radical (unpaired) electrons. The smallest absolute Gasteiger partial charge is 0.408 e. The molecule has 0 aromatic heterocycles. The maximum Gasteiger partial charge on any atom is 0.408 e. The molecule has 1 aromatic carbocycles. The second kappa shape index (κ2) is 8.13. The van der Waals surface area contributed by atoms with Crippen molar-refractivity contribution in [2.75, 3.05) is 13.8 Å². The number of rotatable bonds is 6. The average molecular weight is 339 g/mol. The minimum absolute atomic E-state index is 0.231. The third-order valence-electron chi connectivity index (χ3n) is 3.38. The van der Waals surface area contributed by atoms with Crippen molar-refractivity contribution in [3.63, 3.8) is 0 Å². The highest BCUT2D eigenvalue weighted by atomic mass is 19.1. The fourth-order valence-corrected chi connectivity index (χ4v) is 2.26. The third-order valence-corrected chi connectivity index (χ3v) is 3.38. The number of hydrogen-bond donors (Lipinski definition) is 1. The fourth-order valence-electron chi connectivity index (χ4n) is 2.26. The summed E-state index contributed by atoms with van der Waals surface area (Å²) in [5.41, 5.74) is -0.240. The molecule has 0 fully saturated rings. The number of carbonyl (C=O) groups excluding carboxylic acids is 2. The topological polar surface area (TPSA) is 64.6 Å². The van der Waals surface area contributed by atoms with Gasteiger partial charge in [0.25, 0.3) is 0 Å². The highest BCUT2D eigenvalue weighted by molar-refractivity contribution is 5.85. The molecule has 6 heteroatoms. The Balaban J connectivity index is 2.91. The molecule has 1 N–H and O–H groups in total. The molecular formula is C18H26FNO4. The predicted molar refractivity (Wildman–Crippen MR) is 89.6 cm³/mol. The number of ether oxygens (including phenoxy) is 2. The Morgan fingerprint density at radius 3 is 2.08 bits per heavy atom. The summed E-state index contributed by atoms with van der Waals surface area (Å²) >= 11 is 0. The molecule has 1 atom stereocenters. The molecule has 1 aromatic rings. The van der Waals surface area contributed by atoms with Crippen molar-refractivity contribution in [3.8, 4) is 0 Å². The molecule has 0 bridgehead atoms. The van der Waals surface area contributed by atoms with E-state index in [-0.39, 0.29) is 6.42 Å². The van der Waals surface area contributed by atoms with Gasteiger partial charge in [0.05, 0.1) is 13.8 Å². The summed E-state index contributed by atoms with van der Waals surface area (Å²) in [6, 6.07) is 7.23. The molecule has 134 valence electrons. The van der Waals surface area contributed by atoms with Crippen LogP contribution in [0.25, 0.3) is 0 Å². The summed E-state index contributed by atoms with van der Waals surface area (Å²) in [5, 5.41) is 2.59. The molecule has 0 heterocycles. The van der Waals surface area contributed by atoms with Crippen LogP contribution in [0.15, 0.2) is 24.3 Å². The van der Waals surface area contributed by atoms with Crippen LogP contribution in [0, 0.1) is 0 Å². The largest absolute Gasteiger partial charge is 0.467 e. The quantitative estimate of drug-likeness (QED) is 0.809. The Hall–Kier alpha value is -2.11. The normalized spacial score (nSPS) is 13.8. The number of amides is 1. The lowest BCUT2D eigenvalue weighted by Crippen LogP contribution is -2.55. The van der Waals surface area contributed by atoms with Crippen LogP contribution < -0.4 is 5.32 Å². The van der Waals surface area contributed by atoms with Crippen molar-refractivity contribution in [2.24, 2.45) is 0 Å². The van der Waals surface area contributed by atoms with Crippen LogP contribution in [0.1, 0.15) is 38.8 Å². The zero-order chi connectivity index (χ0) is 18.4. The summed E-state index contributed by atoms with van der Waals surface area (Å²) in [5.74, 6) is -0.568. The lowest BCUT2D eigenvalue weighted by molar-refractivity contribution is -0.147. The van der Waals surface area contributed by atoms with Gasteiger partial charge in [0.15, 0.2) is 0 Å². The lowest BCUT2D eigenvalue weighted by Gasteiger charge is -2.29. The molecular weight excluding hydrogens is 313 g/mol. The number of halogens is 1. The fraction of sp³-hybridized carbons (Fsp3) is 0.556. The van der Waals surface area contributed by atoms with Gasteiger partial charge in [-0.1, -0.05) is 24.3 Å². The van der Waals surface area contributed by atoms with Crippen molar-refractivity contribution in [2.45, 2.75) is 51.7 Å². The Morgan fingerprint density at radius 2 is 1.62 bits per heavy atom. The maximum absolute atomic E-state index is 12.4. The van der Waals surface area contributed by atoms with Crippen LogP contribution in [0.5, 0.6) is 0 Å². The van der Waals surface area contributed by atoms with Crippen LogP contribution in [-0.2, 0) is 27.1 Å². The van der Waals surface area contributed by atoms with Crippen molar-refractivity contribution in [1.29, 1.82) is 0 Å². The minimum atomic E-state index is -1.27. The molecule has 5 nitrogen and oxygen atoms in total. The molecule has 0 saturated carbocycles. The van der Waals surface area contributed by atoms with Crippen LogP contribution in [-0.4, -0.2) is 37.0 Å². The molecule has 24 heavy (non-hydrogen) atoms. The molecule has 0 aliphatic heterocycles. The Bertz CT molecular complexity index is 565. The number of esters is 1. The number of methoxy groups -OCH3 is 1. The average Bonchev–Trinajstić information content (AvgIpc) is 2.46. The van der Waals surface area contributed by atoms with Gasteiger partial charge in [-0.05, 0) is 38.8 Å². The van der Waals surface area contributed by atoms with Gasteiger partial charge < -0.3 is 14.8 Å². The first-order valence-corrected chi connectivity index (χ1v) is 7.83. The van der Waals surface area contributed by atoms with E-state index in [1.807, 2.05) is 12.1 Å². The molecule has 0 aliphatic carbocycles. The molecule has 0 unspecified atom stereocenters. The van der Waals surface area contributed by atoms with E-state index < -0.39 is 29.9 Å². The molecule has 0 saturated heterocycles. The number of carbonyl (C=O) groups is 2. The molecule has 1 rings (SSSR count). The van der Waals surface area contributed by atoms with E-state index in [0.717, 1.165) is 11.1 Å². The van der Waals surface area contributed by atoms with Crippen LogP contribution >= 0.6 is 0 Å². The first-order valence-electron chi connectivity index (χ1n) is 7.83. The number of alkyl halides is 1. The standard InChI is InChI=1S/C18H26FNO4/c1-17(2,3)24-16(22)20-18(4,15(21)23-5)12-14-8-6-13(7-9-14)10-11-19/h6-9H,10-12H2,1-5H3,(H,20,22)/t18-/m0/s1. The van der Waals surface area contributed by atoms with E-state index in [1.54, 1.807) is 39.8 Å². The molecule has 1 amide bonds. The van der Waals surface area contributed by atoms with E-state index in [0.29, 0.717) is 6.42 Å². The van der Waals surface area contributed by atoms with Gasteiger partial charge in [0.2, 0.25) is 0 Å². The monoisotopic (exact) mass is 339 g/mol. The zero-order valence-corrected chi connectivity index (χ0v) is 14.9. The van der Waals surface area contributed by atoms with Crippen LogP contribution in [0.4, 0.5) is 9.18 Å². The number of hydrogen-bond acceptors (Lipinski definition) is 4. The van der Waals surface area contributed by atoms with E-state index in [4.69, 9.17) is 9.47 Å².